The maximum absolute atomic E-state index is 12.5. The molecule has 2 rings (SSSR count). The second kappa shape index (κ2) is 14.6. The van der Waals surface area contributed by atoms with Gasteiger partial charge >= 0.3 is 12.1 Å². The van der Waals surface area contributed by atoms with Gasteiger partial charge in [-0.3, -0.25) is 9.59 Å². The topological polar surface area (TPSA) is 103 Å². The van der Waals surface area contributed by atoms with Gasteiger partial charge in [-0.25, -0.2) is 4.79 Å². The van der Waals surface area contributed by atoms with Crippen LogP contribution in [0.4, 0.5) is 4.79 Å². The number of hydrogen-bond acceptors (Lipinski definition) is 6. The van der Waals surface area contributed by atoms with Crippen molar-refractivity contribution in [1.82, 2.24) is 10.6 Å². The summed E-state index contributed by atoms with van der Waals surface area (Å²) in [6.07, 6.45) is -0.0397. The first-order valence-electron chi connectivity index (χ1n) is 10.5. The van der Waals surface area contributed by atoms with E-state index in [4.69, 9.17) is 14.2 Å². The van der Waals surface area contributed by atoms with Crippen LogP contribution >= 0.6 is 0 Å². The normalized spacial score (nSPS) is 11.3. The van der Waals surface area contributed by atoms with E-state index in [0.717, 1.165) is 11.1 Å². The average molecular weight is 443 g/mol. The third-order valence-electron chi connectivity index (χ3n) is 4.53. The maximum atomic E-state index is 12.5. The summed E-state index contributed by atoms with van der Waals surface area (Å²) in [5.41, 5.74) is 1.70. The molecule has 0 radical (unpaired) electrons. The van der Waals surface area contributed by atoms with Gasteiger partial charge in [0.2, 0.25) is 5.91 Å². The molecule has 0 unspecified atom stereocenters. The molecular formula is C24H30N2O6. The van der Waals surface area contributed by atoms with Crippen molar-refractivity contribution in [3.8, 4) is 0 Å². The van der Waals surface area contributed by atoms with Crippen molar-refractivity contribution in [2.45, 2.75) is 38.5 Å². The summed E-state index contributed by atoms with van der Waals surface area (Å²) in [6, 6.07) is 17.6. The lowest BCUT2D eigenvalue weighted by molar-refractivity contribution is -0.145. The Kier molecular flexibility index (Phi) is 11.3. The summed E-state index contributed by atoms with van der Waals surface area (Å²) in [5, 5.41) is 5.28. The molecule has 2 amide bonds. The standard InChI is InChI=1S/C24H30N2O6/c1-30-16-8-15-25-23(28)21(26-24(29)32-18-20-11-6-3-7-12-20)13-14-22(27)31-17-19-9-4-2-5-10-19/h2-7,9-12,21H,8,13-18H2,1H3,(H,25,28)(H,26,29)/t21-/m0/s1. The van der Waals surface area contributed by atoms with Crippen LogP contribution in [0.5, 0.6) is 0 Å². The van der Waals surface area contributed by atoms with Gasteiger partial charge in [0.1, 0.15) is 19.3 Å². The molecule has 0 aliphatic heterocycles. The first-order chi connectivity index (χ1) is 15.6. The van der Waals surface area contributed by atoms with Crippen LogP contribution in [0.15, 0.2) is 60.7 Å². The van der Waals surface area contributed by atoms with Crippen LogP contribution < -0.4 is 10.6 Å². The largest absolute Gasteiger partial charge is 0.461 e. The third-order valence-corrected chi connectivity index (χ3v) is 4.53. The van der Waals surface area contributed by atoms with E-state index in [9.17, 15) is 14.4 Å². The van der Waals surface area contributed by atoms with Crippen molar-refractivity contribution < 1.29 is 28.6 Å². The number of benzene rings is 2. The lowest BCUT2D eigenvalue weighted by Crippen LogP contribution is -2.47. The molecule has 0 fully saturated rings. The molecule has 8 nitrogen and oxygen atoms in total. The third kappa shape index (κ3) is 10.1. The van der Waals surface area contributed by atoms with Gasteiger partial charge in [-0.15, -0.1) is 0 Å². The molecule has 0 bridgehead atoms. The number of carbonyl (C=O) groups excluding carboxylic acids is 3. The minimum atomic E-state index is -0.926. The Balaban J connectivity index is 1.84. The Hall–Kier alpha value is -3.39. The van der Waals surface area contributed by atoms with Crippen molar-refractivity contribution in [3.63, 3.8) is 0 Å². The number of methoxy groups -OCH3 is 1. The van der Waals surface area contributed by atoms with Crippen LogP contribution in [0.1, 0.15) is 30.4 Å². The fourth-order valence-corrected chi connectivity index (χ4v) is 2.80. The van der Waals surface area contributed by atoms with Gasteiger partial charge in [0.15, 0.2) is 0 Å². The van der Waals surface area contributed by atoms with E-state index >= 15 is 0 Å². The molecule has 2 N–H and O–H groups in total. The van der Waals surface area contributed by atoms with Gasteiger partial charge in [0.25, 0.3) is 0 Å². The van der Waals surface area contributed by atoms with Gasteiger partial charge < -0.3 is 24.8 Å². The molecule has 0 aromatic heterocycles. The summed E-state index contributed by atoms with van der Waals surface area (Å²) >= 11 is 0. The Labute approximate surface area is 188 Å². The first-order valence-corrected chi connectivity index (χ1v) is 10.5. The van der Waals surface area contributed by atoms with Crippen molar-refractivity contribution in [1.29, 1.82) is 0 Å². The van der Waals surface area contributed by atoms with Gasteiger partial charge in [0.05, 0.1) is 0 Å². The highest BCUT2D eigenvalue weighted by Crippen LogP contribution is 2.06. The predicted octanol–water partition coefficient (Wildman–Crippen LogP) is 2.96. The summed E-state index contributed by atoms with van der Waals surface area (Å²) in [7, 11) is 1.58. The number of amides is 2. The van der Waals surface area contributed by atoms with Crippen LogP contribution in [0.25, 0.3) is 0 Å². The zero-order valence-corrected chi connectivity index (χ0v) is 18.3. The van der Waals surface area contributed by atoms with E-state index in [1.54, 1.807) is 7.11 Å². The molecule has 2 aromatic carbocycles. The quantitative estimate of drug-likeness (QED) is 0.365. The number of carbonyl (C=O) groups is 3. The number of ether oxygens (including phenoxy) is 3. The van der Waals surface area contributed by atoms with E-state index < -0.39 is 24.0 Å². The fourth-order valence-electron chi connectivity index (χ4n) is 2.80. The van der Waals surface area contributed by atoms with Crippen LogP contribution in [0, 0.1) is 0 Å². The molecular weight excluding hydrogens is 412 g/mol. The Bertz CT molecular complexity index is 829. The fraction of sp³-hybridized carbons (Fsp3) is 0.375. The van der Waals surface area contributed by atoms with Gasteiger partial charge in [-0.2, -0.15) is 0 Å². The van der Waals surface area contributed by atoms with Gasteiger partial charge in [-0.1, -0.05) is 60.7 Å². The monoisotopic (exact) mass is 442 g/mol. The summed E-state index contributed by atoms with van der Waals surface area (Å²) in [5.74, 6) is -0.848. The highest BCUT2D eigenvalue weighted by Gasteiger charge is 2.22. The molecule has 0 saturated carbocycles. The molecule has 1 atom stereocenters. The minimum Gasteiger partial charge on any atom is -0.461 e. The zero-order valence-electron chi connectivity index (χ0n) is 18.3. The predicted molar refractivity (Wildman–Crippen MR) is 119 cm³/mol. The SMILES string of the molecule is COCCCNC(=O)[C@H](CCC(=O)OCc1ccccc1)NC(=O)OCc1ccccc1. The van der Waals surface area contributed by atoms with Crippen molar-refractivity contribution >= 4 is 18.0 Å². The molecule has 0 saturated heterocycles. The molecule has 8 heteroatoms. The van der Waals surface area contributed by atoms with Crippen LogP contribution in [-0.4, -0.2) is 44.3 Å². The van der Waals surface area contributed by atoms with Gasteiger partial charge in [-0.05, 0) is 24.0 Å². The van der Waals surface area contributed by atoms with Crippen LogP contribution in [0.3, 0.4) is 0 Å². The van der Waals surface area contributed by atoms with E-state index in [1.165, 1.54) is 0 Å². The maximum Gasteiger partial charge on any atom is 0.408 e. The Morgan fingerprint density at radius 1 is 0.875 bits per heavy atom. The van der Waals surface area contributed by atoms with E-state index in [1.807, 2.05) is 60.7 Å². The highest BCUT2D eigenvalue weighted by atomic mass is 16.5. The van der Waals surface area contributed by atoms with E-state index in [2.05, 4.69) is 10.6 Å². The molecule has 32 heavy (non-hydrogen) atoms. The van der Waals surface area contributed by atoms with Crippen LogP contribution in [0.2, 0.25) is 0 Å². The number of hydrogen-bond donors (Lipinski definition) is 2. The number of nitrogens with one attached hydrogen (secondary N) is 2. The lowest BCUT2D eigenvalue weighted by atomic mass is 10.1. The molecule has 0 spiro atoms. The molecule has 0 aliphatic rings. The summed E-state index contributed by atoms with van der Waals surface area (Å²) in [6.45, 7) is 1.12. The zero-order chi connectivity index (χ0) is 23.0. The molecule has 172 valence electrons. The smallest absolute Gasteiger partial charge is 0.408 e. The molecule has 2 aromatic rings. The van der Waals surface area contributed by atoms with Crippen molar-refractivity contribution in [2.75, 3.05) is 20.3 Å². The Morgan fingerprint density at radius 3 is 2.06 bits per heavy atom. The number of alkyl carbamates (subject to hydrolysis) is 1. The number of rotatable bonds is 13. The second-order valence-corrected chi connectivity index (χ2v) is 7.08. The van der Waals surface area contributed by atoms with Gasteiger partial charge in [0, 0.05) is 26.7 Å². The highest BCUT2D eigenvalue weighted by molar-refractivity contribution is 5.86. The van der Waals surface area contributed by atoms with E-state index in [-0.39, 0.29) is 26.1 Å². The summed E-state index contributed by atoms with van der Waals surface area (Å²) in [4.78, 5) is 36.9. The first kappa shape index (κ1) is 24.9. The lowest BCUT2D eigenvalue weighted by Gasteiger charge is -2.18. The number of esters is 1. The van der Waals surface area contributed by atoms with Crippen molar-refractivity contribution in [3.05, 3.63) is 71.8 Å². The summed E-state index contributed by atoms with van der Waals surface area (Å²) < 4.78 is 15.4. The second-order valence-electron chi connectivity index (χ2n) is 7.08. The average Bonchev–Trinajstić information content (AvgIpc) is 2.83. The van der Waals surface area contributed by atoms with Crippen LogP contribution in [-0.2, 0) is 37.0 Å². The van der Waals surface area contributed by atoms with Crippen molar-refractivity contribution in [2.24, 2.45) is 0 Å². The minimum absolute atomic E-state index is 0.0258. The molecule has 0 heterocycles. The van der Waals surface area contributed by atoms with E-state index in [0.29, 0.717) is 19.6 Å². The molecule has 0 aliphatic carbocycles. The Morgan fingerprint density at radius 2 is 1.47 bits per heavy atom.